The first kappa shape index (κ1) is 12.9. The summed E-state index contributed by atoms with van der Waals surface area (Å²) in [5, 5.41) is 6.50. The molecular formula is C14H20N2O2S. The Hall–Kier alpha value is -1.10. The minimum Gasteiger partial charge on any atom is -0.462 e. The van der Waals surface area contributed by atoms with Gasteiger partial charge in [-0.3, -0.25) is 0 Å². The number of carbonyl (C=O) groups is 1. The number of thiocarbonyl (C=S) groups is 1. The maximum absolute atomic E-state index is 12.1. The predicted octanol–water partition coefficient (Wildman–Crippen LogP) is 1.72. The maximum atomic E-state index is 12.1. The van der Waals surface area contributed by atoms with Gasteiger partial charge in [-0.1, -0.05) is 6.42 Å². The Morgan fingerprint density at radius 3 is 2.89 bits per heavy atom. The number of ether oxygens (including phenoxy) is 1. The van der Waals surface area contributed by atoms with E-state index in [1.165, 1.54) is 25.7 Å². The summed E-state index contributed by atoms with van der Waals surface area (Å²) in [6.45, 7) is 2.91. The molecule has 3 aliphatic rings. The van der Waals surface area contributed by atoms with Gasteiger partial charge in [0.1, 0.15) is 0 Å². The Labute approximate surface area is 119 Å². The molecule has 1 heterocycles. The molecule has 0 aromatic carbocycles. The van der Waals surface area contributed by atoms with Crippen LogP contribution in [0.5, 0.6) is 0 Å². The zero-order chi connectivity index (χ0) is 13.4. The van der Waals surface area contributed by atoms with Crippen molar-refractivity contribution in [3.63, 3.8) is 0 Å². The number of fused-ring (bicyclic) bond motifs is 2. The Morgan fingerprint density at radius 1 is 1.42 bits per heavy atom. The van der Waals surface area contributed by atoms with Crippen LogP contribution in [0.4, 0.5) is 0 Å². The fraction of sp³-hybridized carbons (Fsp3) is 0.714. The Morgan fingerprint density at radius 2 is 2.26 bits per heavy atom. The average Bonchev–Trinajstić information content (AvgIpc) is 2.98. The zero-order valence-electron chi connectivity index (χ0n) is 11.2. The van der Waals surface area contributed by atoms with E-state index in [2.05, 4.69) is 10.6 Å². The quantitative estimate of drug-likeness (QED) is 0.609. The lowest BCUT2D eigenvalue weighted by Crippen LogP contribution is -2.43. The van der Waals surface area contributed by atoms with Crippen molar-refractivity contribution in [1.82, 2.24) is 10.6 Å². The molecule has 2 N–H and O–H groups in total. The van der Waals surface area contributed by atoms with Crippen LogP contribution in [0.15, 0.2) is 11.3 Å². The number of hydrogen-bond donors (Lipinski definition) is 2. The van der Waals surface area contributed by atoms with Crippen LogP contribution >= 0.6 is 12.2 Å². The fourth-order valence-electron chi connectivity index (χ4n) is 3.67. The summed E-state index contributed by atoms with van der Waals surface area (Å²) in [7, 11) is 0. The highest BCUT2D eigenvalue weighted by atomic mass is 32.1. The molecule has 0 radical (unpaired) electrons. The van der Waals surface area contributed by atoms with Crippen LogP contribution in [0.2, 0.25) is 0 Å². The Balaban J connectivity index is 1.54. The molecule has 3 unspecified atom stereocenters. The van der Waals surface area contributed by atoms with Gasteiger partial charge in [0.15, 0.2) is 5.11 Å². The number of nitrogens with one attached hydrogen (secondary N) is 2. The van der Waals surface area contributed by atoms with E-state index in [0.29, 0.717) is 29.8 Å². The van der Waals surface area contributed by atoms with Crippen LogP contribution in [0.1, 0.15) is 32.6 Å². The first-order valence-electron chi connectivity index (χ1n) is 7.05. The van der Waals surface area contributed by atoms with Crippen molar-refractivity contribution < 1.29 is 9.53 Å². The van der Waals surface area contributed by atoms with Crippen molar-refractivity contribution in [1.29, 1.82) is 0 Å². The highest BCUT2D eigenvalue weighted by Gasteiger charge is 2.40. The van der Waals surface area contributed by atoms with E-state index in [0.717, 1.165) is 17.5 Å². The molecule has 19 heavy (non-hydrogen) atoms. The second-order valence-electron chi connectivity index (χ2n) is 5.94. The molecule has 0 amide bonds. The van der Waals surface area contributed by atoms with Gasteiger partial charge < -0.3 is 15.4 Å². The van der Waals surface area contributed by atoms with Gasteiger partial charge in [-0.25, -0.2) is 4.79 Å². The lowest BCUT2D eigenvalue weighted by atomic mass is 9.89. The minimum absolute atomic E-state index is 0.206. The van der Waals surface area contributed by atoms with Crippen LogP contribution in [-0.4, -0.2) is 24.2 Å². The second-order valence-corrected chi connectivity index (χ2v) is 6.35. The summed E-state index contributed by atoms with van der Waals surface area (Å²) >= 11 is 5.00. The zero-order valence-corrected chi connectivity index (χ0v) is 12.0. The molecule has 4 nitrogen and oxygen atoms in total. The summed E-state index contributed by atoms with van der Waals surface area (Å²) in [5.41, 5.74) is 1.47. The molecular weight excluding hydrogens is 260 g/mol. The van der Waals surface area contributed by atoms with E-state index < -0.39 is 0 Å². The van der Waals surface area contributed by atoms with Crippen LogP contribution in [-0.2, 0) is 9.53 Å². The largest absolute Gasteiger partial charge is 0.462 e. The third-order valence-electron chi connectivity index (χ3n) is 4.74. The number of allylic oxidation sites excluding steroid dienone is 1. The van der Waals surface area contributed by atoms with Gasteiger partial charge in [-0.05, 0) is 56.2 Å². The topological polar surface area (TPSA) is 50.4 Å². The van der Waals surface area contributed by atoms with Crippen molar-refractivity contribution in [2.24, 2.45) is 17.8 Å². The standard InChI is InChI=1S/C14H20N2O2S/c1-8-12(6-15-14(19)16-8)13(17)18-7-11-5-9-2-3-10(11)4-9/h9-11H,2-7H2,1H3,(H2,15,16,19). The summed E-state index contributed by atoms with van der Waals surface area (Å²) in [5.74, 6) is 2.07. The van der Waals surface area contributed by atoms with Crippen molar-refractivity contribution in [3.8, 4) is 0 Å². The van der Waals surface area contributed by atoms with E-state index in [9.17, 15) is 4.79 Å². The molecule has 2 bridgehead atoms. The maximum Gasteiger partial charge on any atom is 0.337 e. The summed E-state index contributed by atoms with van der Waals surface area (Å²) < 4.78 is 5.50. The molecule has 0 aromatic rings. The van der Waals surface area contributed by atoms with Gasteiger partial charge in [0.2, 0.25) is 0 Å². The van der Waals surface area contributed by atoms with E-state index in [-0.39, 0.29) is 5.97 Å². The number of carbonyl (C=O) groups excluding carboxylic acids is 1. The molecule has 5 heteroatoms. The number of rotatable bonds is 3. The lowest BCUT2D eigenvalue weighted by molar-refractivity contribution is -0.141. The molecule has 2 saturated carbocycles. The van der Waals surface area contributed by atoms with Crippen LogP contribution in [0.25, 0.3) is 0 Å². The molecule has 2 aliphatic carbocycles. The number of hydrogen-bond acceptors (Lipinski definition) is 3. The molecule has 1 aliphatic heterocycles. The van der Waals surface area contributed by atoms with Crippen LogP contribution in [0.3, 0.4) is 0 Å². The lowest BCUT2D eigenvalue weighted by Gasteiger charge is -2.24. The Bertz CT molecular complexity index is 447. The summed E-state index contributed by atoms with van der Waals surface area (Å²) in [6.07, 6.45) is 5.30. The van der Waals surface area contributed by atoms with Gasteiger partial charge in [0.05, 0.1) is 18.7 Å². The van der Waals surface area contributed by atoms with Gasteiger partial charge in [-0.15, -0.1) is 0 Å². The van der Waals surface area contributed by atoms with Gasteiger partial charge in [0, 0.05) is 5.70 Å². The fourth-order valence-corrected chi connectivity index (χ4v) is 3.89. The van der Waals surface area contributed by atoms with Gasteiger partial charge in [0.25, 0.3) is 0 Å². The van der Waals surface area contributed by atoms with Crippen molar-refractivity contribution in [3.05, 3.63) is 11.3 Å². The van der Waals surface area contributed by atoms with E-state index in [1.54, 1.807) is 0 Å². The second kappa shape index (κ2) is 5.12. The highest BCUT2D eigenvalue weighted by molar-refractivity contribution is 7.80. The molecule has 0 saturated heterocycles. The first-order chi connectivity index (χ1) is 9.13. The third kappa shape index (κ3) is 2.61. The predicted molar refractivity (Wildman–Crippen MR) is 76.3 cm³/mol. The molecule has 3 atom stereocenters. The summed E-state index contributed by atoms with van der Waals surface area (Å²) in [6, 6.07) is 0. The number of esters is 1. The van der Waals surface area contributed by atoms with Crippen molar-refractivity contribution in [2.45, 2.75) is 32.6 Å². The smallest absolute Gasteiger partial charge is 0.337 e. The minimum atomic E-state index is -0.206. The first-order valence-corrected chi connectivity index (χ1v) is 7.46. The van der Waals surface area contributed by atoms with E-state index in [4.69, 9.17) is 17.0 Å². The van der Waals surface area contributed by atoms with Gasteiger partial charge >= 0.3 is 5.97 Å². The third-order valence-corrected chi connectivity index (χ3v) is 4.99. The molecule has 2 fully saturated rings. The normalized spacial score (nSPS) is 33.1. The highest BCUT2D eigenvalue weighted by Crippen LogP contribution is 2.48. The molecule has 0 aromatic heterocycles. The average molecular weight is 280 g/mol. The molecule has 104 valence electrons. The van der Waals surface area contributed by atoms with Crippen LogP contribution < -0.4 is 10.6 Å². The van der Waals surface area contributed by atoms with Crippen LogP contribution in [0, 0.1) is 17.8 Å². The monoisotopic (exact) mass is 280 g/mol. The Kier molecular flexibility index (Phi) is 3.48. The molecule has 3 rings (SSSR count). The van der Waals surface area contributed by atoms with E-state index in [1.807, 2.05) is 6.92 Å². The van der Waals surface area contributed by atoms with Crippen molar-refractivity contribution >= 4 is 23.3 Å². The van der Waals surface area contributed by atoms with E-state index >= 15 is 0 Å². The van der Waals surface area contributed by atoms with Crippen molar-refractivity contribution in [2.75, 3.05) is 13.2 Å². The summed E-state index contributed by atoms with van der Waals surface area (Å²) in [4.78, 5) is 12.1. The van der Waals surface area contributed by atoms with Gasteiger partial charge in [-0.2, -0.15) is 0 Å². The SMILES string of the molecule is CC1=C(C(=O)OCC2CC3CCC2C3)CNC(=S)N1. The molecule has 0 spiro atoms.